The summed E-state index contributed by atoms with van der Waals surface area (Å²) in [6.07, 6.45) is 0. The van der Waals surface area contributed by atoms with Gasteiger partial charge in [-0.05, 0) is 126 Å². The first-order valence-corrected chi connectivity index (χ1v) is 21.8. The predicted octanol–water partition coefficient (Wildman–Crippen LogP) is 15.6. The highest BCUT2D eigenvalue weighted by molar-refractivity contribution is 6.26. The van der Waals surface area contributed by atoms with E-state index in [4.69, 9.17) is 9.97 Å². The minimum absolute atomic E-state index is 0.903. The van der Waals surface area contributed by atoms with Crippen molar-refractivity contribution in [1.82, 2.24) is 19.1 Å². The molecule has 0 saturated heterocycles. The van der Waals surface area contributed by atoms with Crippen molar-refractivity contribution >= 4 is 65.2 Å². The number of aromatic nitrogens is 4. The molecule has 0 aliphatic heterocycles. The highest BCUT2D eigenvalue weighted by atomic mass is 15.1. The largest absolute Gasteiger partial charge is 0.292 e. The molecule has 13 aromatic rings. The maximum atomic E-state index is 5.35. The average molecular weight is 815 g/mol. The number of benzene rings is 11. The Bertz CT molecular complexity index is 3680. The van der Waals surface area contributed by atoms with E-state index >= 15 is 0 Å². The first kappa shape index (κ1) is 36.1. The number of hydrogen-bond acceptors (Lipinski definition) is 2. The number of para-hydroxylation sites is 6. The Balaban J connectivity index is 1.19. The van der Waals surface area contributed by atoms with E-state index in [-0.39, 0.29) is 0 Å². The van der Waals surface area contributed by atoms with Crippen LogP contribution in [0.5, 0.6) is 0 Å². The topological polar surface area (TPSA) is 35.6 Å². The first-order chi connectivity index (χ1) is 31.8. The lowest BCUT2D eigenvalue weighted by Gasteiger charge is -2.21. The van der Waals surface area contributed by atoms with Crippen molar-refractivity contribution in [2.24, 2.45) is 0 Å². The molecule has 298 valence electrons. The molecule has 0 N–H and O–H groups in total. The standard InChI is InChI=1S/C60H38N4/c1-3-21-43(22-4-1)63-55-31-13-11-29-53(55)61-59(63)41-33-35-49-51(37-41)57(47-27-15-19-39-17-7-9-25-45(39)47)50-36-34-42(38-52(50)58(49)48-28-16-20-40-18-8-10-26-46(40)48)60-62-54-30-12-14-32-56(54)64(60)44-23-5-2-6-24-44/h1-38H. The normalized spacial score (nSPS) is 11.8. The second-order valence-corrected chi connectivity index (χ2v) is 16.5. The van der Waals surface area contributed by atoms with E-state index in [1.54, 1.807) is 0 Å². The van der Waals surface area contributed by atoms with Crippen LogP contribution in [-0.2, 0) is 0 Å². The van der Waals surface area contributed by atoms with E-state index < -0.39 is 0 Å². The van der Waals surface area contributed by atoms with Crippen molar-refractivity contribution in [2.75, 3.05) is 0 Å². The summed E-state index contributed by atoms with van der Waals surface area (Å²) in [5, 5.41) is 9.51. The summed E-state index contributed by atoms with van der Waals surface area (Å²) >= 11 is 0. The van der Waals surface area contributed by atoms with Gasteiger partial charge in [0.25, 0.3) is 0 Å². The zero-order valence-electron chi connectivity index (χ0n) is 34.7. The molecule has 2 aromatic heterocycles. The van der Waals surface area contributed by atoms with E-state index in [9.17, 15) is 0 Å². The molecule has 0 amide bonds. The SMILES string of the molecule is c1ccc(-n2c(-c3ccc4c(-c5cccc6ccccc56)c5cc(-c6nc7ccccc7n6-c6ccccc6)ccc5c(-c5cccc6ccccc56)c4c3)nc3ccccc32)cc1. The third-order valence-corrected chi connectivity index (χ3v) is 12.9. The van der Waals surface area contributed by atoms with Crippen molar-refractivity contribution < 1.29 is 0 Å². The van der Waals surface area contributed by atoms with E-state index in [0.717, 1.165) is 56.2 Å². The molecule has 64 heavy (non-hydrogen) atoms. The quantitative estimate of drug-likeness (QED) is 0.157. The molecule has 0 spiro atoms. The third-order valence-electron chi connectivity index (χ3n) is 12.9. The van der Waals surface area contributed by atoms with Gasteiger partial charge in [0.05, 0.1) is 22.1 Å². The third kappa shape index (κ3) is 5.63. The minimum Gasteiger partial charge on any atom is -0.292 e. The fourth-order valence-corrected chi connectivity index (χ4v) is 10.1. The molecule has 0 aliphatic carbocycles. The molecule has 0 fully saturated rings. The Labute approximate surface area is 369 Å². The summed E-state index contributed by atoms with van der Waals surface area (Å²) in [6.45, 7) is 0. The number of nitrogens with zero attached hydrogens (tertiary/aromatic N) is 4. The Morgan fingerprint density at radius 2 is 0.672 bits per heavy atom. The van der Waals surface area contributed by atoms with Crippen LogP contribution in [0, 0.1) is 0 Å². The average Bonchev–Trinajstić information content (AvgIpc) is 3.95. The monoisotopic (exact) mass is 814 g/mol. The van der Waals surface area contributed by atoms with Crippen molar-refractivity contribution in [1.29, 1.82) is 0 Å². The lowest BCUT2D eigenvalue weighted by Crippen LogP contribution is -1.99. The predicted molar refractivity (Wildman–Crippen MR) is 267 cm³/mol. The van der Waals surface area contributed by atoms with Gasteiger partial charge in [-0.2, -0.15) is 0 Å². The van der Waals surface area contributed by atoms with Crippen molar-refractivity contribution in [3.63, 3.8) is 0 Å². The van der Waals surface area contributed by atoms with E-state index in [1.165, 1.54) is 65.3 Å². The molecule has 4 heteroatoms. The zero-order chi connectivity index (χ0) is 42.1. The number of imidazole rings is 2. The minimum atomic E-state index is 0.903. The molecule has 0 radical (unpaired) electrons. The maximum absolute atomic E-state index is 5.35. The molecule has 0 aliphatic rings. The van der Waals surface area contributed by atoms with Crippen LogP contribution in [0.2, 0.25) is 0 Å². The van der Waals surface area contributed by atoms with Crippen LogP contribution >= 0.6 is 0 Å². The molecule has 0 saturated carbocycles. The van der Waals surface area contributed by atoms with Gasteiger partial charge in [0.1, 0.15) is 11.6 Å². The second-order valence-electron chi connectivity index (χ2n) is 16.5. The number of fused-ring (bicyclic) bond motifs is 6. The van der Waals surface area contributed by atoms with Crippen LogP contribution in [0.4, 0.5) is 0 Å². The Hall–Kier alpha value is -8.60. The van der Waals surface area contributed by atoms with Gasteiger partial charge in [-0.25, -0.2) is 9.97 Å². The molecular weight excluding hydrogens is 777 g/mol. The van der Waals surface area contributed by atoms with Crippen LogP contribution in [0.25, 0.3) is 122 Å². The lowest BCUT2D eigenvalue weighted by atomic mass is 9.82. The van der Waals surface area contributed by atoms with Crippen molar-refractivity contribution in [3.05, 3.63) is 231 Å². The Morgan fingerprint density at radius 3 is 1.14 bits per heavy atom. The molecule has 4 nitrogen and oxygen atoms in total. The second kappa shape index (κ2) is 14.5. The molecule has 0 bridgehead atoms. The van der Waals surface area contributed by atoms with Crippen LogP contribution in [0.1, 0.15) is 0 Å². The summed E-state index contributed by atoms with van der Waals surface area (Å²) in [5.41, 5.74) is 13.1. The first-order valence-electron chi connectivity index (χ1n) is 21.8. The van der Waals surface area contributed by atoms with Gasteiger partial charge >= 0.3 is 0 Å². The zero-order valence-corrected chi connectivity index (χ0v) is 34.7. The van der Waals surface area contributed by atoms with Crippen molar-refractivity contribution in [3.8, 4) is 56.4 Å². The van der Waals surface area contributed by atoms with Gasteiger partial charge in [0, 0.05) is 22.5 Å². The van der Waals surface area contributed by atoms with Gasteiger partial charge in [-0.1, -0.05) is 170 Å². The van der Waals surface area contributed by atoms with E-state index in [1.807, 2.05) is 0 Å². The molecule has 13 rings (SSSR count). The van der Waals surface area contributed by atoms with Crippen LogP contribution in [0.3, 0.4) is 0 Å². The molecule has 11 aromatic carbocycles. The Kier molecular flexibility index (Phi) is 8.18. The molecular formula is C60H38N4. The smallest absolute Gasteiger partial charge is 0.145 e. The van der Waals surface area contributed by atoms with Crippen LogP contribution in [-0.4, -0.2) is 19.1 Å². The lowest BCUT2D eigenvalue weighted by molar-refractivity contribution is 1.10. The highest BCUT2D eigenvalue weighted by Crippen LogP contribution is 2.49. The summed E-state index contributed by atoms with van der Waals surface area (Å²) < 4.78 is 4.59. The number of rotatable bonds is 6. The van der Waals surface area contributed by atoms with Crippen molar-refractivity contribution in [2.45, 2.75) is 0 Å². The number of hydrogen-bond donors (Lipinski definition) is 0. The van der Waals surface area contributed by atoms with Gasteiger partial charge < -0.3 is 0 Å². The fourth-order valence-electron chi connectivity index (χ4n) is 10.1. The molecule has 2 heterocycles. The fraction of sp³-hybridized carbons (Fsp3) is 0. The summed E-state index contributed by atoms with van der Waals surface area (Å²) in [5.74, 6) is 1.81. The molecule has 0 atom stereocenters. The summed E-state index contributed by atoms with van der Waals surface area (Å²) in [7, 11) is 0. The Morgan fingerprint density at radius 1 is 0.281 bits per heavy atom. The van der Waals surface area contributed by atoms with E-state index in [2.05, 4.69) is 240 Å². The van der Waals surface area contributed by atoms with Crippen LogP contribution < -0.4 is 0 Å². The van der Waals surface area contributed by atoms with Gasteiger partial charge in [0.2, 0.25) is 0 Å². The van der Waals surface area contributed by atoms with E-state index in [0.29, 0.717) is 0 Å². The van der Waals surface area contributed by atoms with Gasteiger partial charge in [0.15, 0.2) is 0 Å². The molecule has 0 unspecified atom stereocenters. The van der Waals surface area contributed by atoms with Gasteiger partial charge in [-0.3, -0.25) is 9.13 Å². The summed E-state index contributed by atoms with van der Waals surface area (Å²) in [4.78, 5) is 10.7. The van der Waals surface area contributed by atoms with Crippen LogP contribution in [0.15, 0.2) is 231 Å². The highest BCUT2D eigenvalue weighted by Gasteiger charge is 2.24. The van der Waals surface area contributed by atoms with Gasteiger partial charge in [-0.15, -0.1) is 0 Å². The summed E-state index contributed by atoms with van der Waals surface area (Å²) in [6, 6.07) is 83.0. The maximum Gasteiger partial charge on any atom is 0.145 e.